The summed E-state index contributed by atoms with van der Waals surface area (Å²) in [6.45, 7) is 6.33. The summed E-state index contributed by atoms with van der Waals surface area (Å²) in [4.78, 5) is 0. The van der Waals surface area contributed by atoms with Gasteiger partial charge >= 0.3 is 0 Å². The third-order valence-corrected chi connectivity index (χ3v) is 4.88. The van der Waals surface area contributed by atoms with Gasteiger partial charge in [-0.3, -0.25) is 4.21 Å². The van der Waals surface area contributed by atoms with E-state index in [4.69, 9.17) is 4.74 Å². The van der Waals surface area contributed by atoms with Crippen LogP contribution in [0, 0.1) is 11.8 Å². The Kier molecular flexibility index (Phi) is 4.45. The van der Waals surface area contributed by atoms with Gasteiger partial charge in [-0.2, -0.15) is 0 Å². The second-order valence-electron chi connectivity index (χ2n) is 4.70. The first-order valence-corrected chi connectivity index (χ1v) is 7.46. The molecule has 3 unspecified atom stereocenters. The summed E-state index contributed by atoms with van der Waals surface area (Å²) in [7, 11) is -1.60. The molecule has 0 aliphatic carbocycles. The van der Waals surface area contributed by atoms with Crippen molar-refractivity contribution in [1.82, 2.24) is 0 Å². The summed E-state index contributed by atoms with van der Waals surface area (Å²) in [5, 5.41) is 0. The third kappa shape index (κ3) is 4.47. The summed E-state index contributed by atoms with van der Waals surface area (Å²) >= 11 is 0. The van der Waals surface area contributed by atoms with Gasteiger partial charge in [-0.15, -0.1) is 0 Å². The molecule has 2 heterocycles. The molecule has 0 radical (unpaired) electrons. The molecule has 2 aliphatic rings. The molecular formula is C11H22O2S. The smallest absolute Gasteiger partial charge is 0.0492 e. The molecule has 2 saturated heterocycles. The number of ether oxygens (including phenoxy) is 1. The Morgan fingerprint density at radius 1 is 1.29 bits per heavy atom. The van der Waals surface area contributed by atoms with Crippen molar-refractivity contribution in [3.8, 4) is 0 Å². The SMILES string of the molecule is C=S1(=O)CCC(C)C1.CC1CCOC1. The molecule has 2 nitrogen and oxygen atoms in total. The highest BCUT2D eigenvalue weighted by atomic mass is 32.2. The Balaban J connectivity index is 0.000000146. The Morgan fingerprint density at radius 3 is 2.14 bits per heavy atom. The van der Waals surface area contributed by atoms with Crippen molar-refractivity contribution in [1.29, 1.82) is 0 Å². The zero-order valence-corrected chi connectivity index (χ0v) is 10.1. The molecule has 2 fully saturated rings. The highest BCUT2D eigenvalue weighted by Crippen LogP contribution is 2.16. The van der Waals surface area contributed by atoms with Gasteiger partial charge in [0.1, 0.15) is 0 Å². The maximum absolute atomic E-state index is 11.1. The van der Waals surface area contributed by atoms with Gasteiger partial charge in [-0.05, 0) is 40.1 Å². The Labute approximate surface area is 88.0 Å². The maximum Gasteiger partial charge on any atom is 0.0492 e. The molecule has 0 aromatic heterocycles. The lowest BCUT2D eigenvalue weighted by molar-refractivity contribution is 0.188. The molecule has 0 aromatic rings. The largest absolute Gasteiger partial charge is 0.381 e. The van der Waals surface area contributed by atoms with E-state index in [2.05, 4.69) is 19.7 Å². The summed E-state index contributed by atoms with van der Waals surface area (Å²) in [5.41, 5.74) is 0. The van der Waals surface area contributed by atoms with Crippen LogP contribution in [0.2, 0.25) is 0 Å². The minimum Gasteiger partial charge on any atom is -0.381 e. The molecule has 3 heteroatoms. The molecule has 2 rings (SSSR count). The molecule has 14 heavy (non-hydrogen) atoms. The predicted octanol–water partition coefficient (Wildman–Crippen LogP) is 1.79. The topological polar surface area (TPSA) is 26.3 Å². The normalized spacial score (nSPS) is 41.9. The van der Waals surface area contributed by atoms with E-state index >= 15 is 0 Å². The number of rotatable bonds is 0. The second kappa shape index (κ2) is 5.17. The van der Waals surface area contributed by atoms with Crippen LogP contribution in [0.25, 0.3) is 0 Å². The molecule has 0 spiro atoms. The van der Waals surface area contributed by atoms with Crippen LogP contribution in [0.5, 0.6) is 0 Å². The highest BCUT2D eigenvalue weighted by molar-refractivity contribution is 8.00. The first-order valence-electron chi connectivity index (χ1n) is 5.40. The van der Waals surface area contributed by atoms with Crippen LogP contribution in [0.4, 0.5) is 0 Å². The summed E-state index contributed by atoms with van der Waals surface area (Å²) < 4.78 is 16.1. The van der Waals surface area contributed by atoms with Gasteiger partial charge in [0.2, 0.25) is 0 Å². The number of hydrogen-bond donors (Lipinski definition) is 0. The zero-order chi connectivity index (χ0) is 10.6. The van der Waals surface area contributed by atoms with Gasteiger partial charge < -0.3 is 4.74 Å². The van der Waals surface area contributed by atoms with E-state index in [-0.39, 0.29) is 0 Å². The molecule has 3 atom stereocenters. The van der Waals surface area contributed by atoms with Crippen molar-refractivity contribution in [3.63, 3.8) is 0 Å². The van der Waals surface area contributed by atoms with Gasteiger partial charge in [0.05, 0.1) is 0 Å². The average molecular weight is 218 g/mol. The molecule has 84 valence electrons. The van der Waals surface area contributed by atoms with Crippen LogP contribution in [-0.4, -0.2) is 34.8 Å². The zero-order valence-electron chi connectivity index (χ0n) is 9.33. The Morgan fingerprint density at radius 2 is 2.00 bits per heavy atom. The van der Waals surface area contributed by atoms with Crippen LogP contribution in [0.3, 0.4) is 0 Å². The van der Waals surface area contributed by atoms with Crippen molar-refractivity contribution in [2.45, 2.75) is 26.7 Å². The molecule has 0 saturated carbocycles. The van der Waals surface area contributed by atoms with E-state index in [0.29, 0.717) is 5.92 Å². The van der Waals surface area contributed by atoms with Gasteiger partial charge in [-0.25, -0.2) is 0 Å². The van der Waals surface area contributed by atoms with Crippen molar-refractivity contribution < 1.29 is 8.95 Å². The van der Waals surface area contributed by atoms with Crippen LogP contribution >= 0.6 is 0 Å². The fraction of sp³-hybridized carbons (Fsp3) is 0.909. The lowest BCUT2D eigenvalue weighted by atomic mass is 10.2. The van der Waals surface area contributed by atoms with Gasteiger partial charge in [-0.1, -0.05) is 13.8 Å². The Bertz CT molecular complexity index is 250. The van der Waals surface area contributed by atoms with E-state index in [1.807, 2.05) is 0 Å². The maximum atomic E-state index is 11.1. The van der Waals surface area contributed by atoms with E-state index in [1.54, 1.807) is 0 Å². The molecule has 0 N–H and O–H groups in total. The number of hydrogen-bond acceptors (Lipinski definition) is 2. The van der Waals surface area contributed by atoms with Gasteiger partial charge in [0, 0.05) is 24.7 Å². The van der Waals surface area contributed by atoms with Crippen molar-refractivity contribution in [3.05, 3.63) is 0 Å². The highest BCUT2D eigenvalue weighted by Gasteiger charge is 2.18. The fourth-order valence-electron chi connectivity index (χ4n) is 1.75. The van der Waals surface area contributed by atoms with E-state index in [0.717, 1.165) is 37.1 Å². The minimum atomic E-state index is -1.60. The summed E-state index contributed by atoms with van der Waals surface area (Å²) in [6, 6.07) is 0. The fourth-order valence-corrected chi connectivity index (χ4v) is 3.96. The standard InChI is InChI=1S/C6H12OS.C5H10O/c1-6-3-4-8(2,7)5-6;1-5-2-3-6-4-5/h6H,2-5H2,1H3;5H,2-4H2,1H3. The van der Waals surface area contributed by atoms with Crippen LogP contribution in [0.15, 0.2) is 0 Å². The van der Waals surface area contributed by atoms with E-state index < -0.39 is 9.52 Å². The lowest BCUT2D eigenvalue weighted by Gasteiger charge is -1.94. The average Bonchev–Trinajstić information content (AvgIpc) is 2.62. The minimum absolute atomic E-state index is 0.653. The monoisotopic (exact) mass is 218 g/mol. The van der Waals surface area contributed by atoms with Crippen LogP contribution in [0.1, 0.15) is 26.7 Å². The van der Waals surface area contributed by atoms with Gasteiger partial charge in [0.25, 0.3) is 0 Å². The quantitative estimate of drug-likeness (QED) is 0.579. The second-order valence-corrected chi connectivity index (χ2v) is 7.37. The summed E-state index contributed by atoms with van der Waals surface area (Å²) in [6.07, 6.45) is 2.38. The van der Waals surface area contributed by atoms with Crippen molar-refractivity contribution >= 4 is 15.4 Å². The van der Waals surface area contributed by atoms with Crippen LogP contribution < -0.4 is 0 Å². The molecule has 0 aromatic carbocycles. The van der Waals surface area contributed by atoms with E-state index in [9.17, 15) is 4.21 Å². The molecular weight excluding hydrogens is 196 g/mol. The third-order valence-electron chi connectivity index (χ3n) is 2.73. The van der Waals surface area contributed by atoms with Crippen molar-refractivity contribution in [2.24, 2.45) is 11.8 Å². The lowest BCUT2D eigenvalue weighted by Crippen LogP contribution is -2.01. The molecule has 0 amide bonds. The Hall–Kier alpha value is -0.0200. The first kappa shape index (κ1) is 12.1. The molecule has 0 bridgehead atoms. The molecule has 2 aliphatic heterocycles. The van der Waals surface area contributed by atoms with Crippen LogP contribution in [-0.2, 0) is 14.3 Å². The van der Waals surface area contributed by atoms with Gasteiger partial charge in [0.15, 0.2) is 0 Å². The summed E-state index contributed by atoms with van der Waals surface area (Å²) in [5.74, 6) is 6.83. The van der Waals surface area contributed by atoms with Crippen molar-refractivity contribution in [2.75, 3.05) is 24.7 Å². The first-order chi connectivity index (χ1) is 6.49. The predicted molar refractivity (Wildman–Crippen MR) is 63.4 cm³/mol. The van der Waals surface area contributed by atoms with E-state index in [1.165, 1.54) is 6.42 Å².